The van der Waals surface area contributed by atoms with E-state index in [2.05, 4.69) is 10.6 Å². The van der Waals surface area contributed by atoms with Crippen LogP contribution in [-0.4, -0.2) is 94.8 Å². The summed E-state index contributed by atoms with van der Waals surface area (Å²) in [5.41, 5.74) is -0.835. The van der Waals surface area contributed by atoms with Crippen LogP contribution >= 0.6 is 0 Å². The highest BCUT2D eigenvalue weighted by atomic mass is 16.3. The fourth-order valence-corrected chi connectivity index (χ4v) is 4.02. The van der Waals surface area contributed by atoms with Gasteiger partial charge in [-0.3, -0.25) is 14.4 Å². The first-order valence-electron chi connectivity index (χ1n) is 12.9. The molecule has 0 saturated carbocycles. The number of benzene rings is 3. The SMILES string of the molecule is O=C(NCCCCN(CCCNC(=O)c1ccc(O)c(O)c1O)C(=O)c1ccc(O)c(O)c1O)c1ccc(O)c(O)c1O. The van der Waals surface area contributed by atoms with Gasteiger partial charge in [0.05, 0.1) is 16.7 Å². The van der Waals surface area contributed by atoms with E-state index in [1.54, 1.807) is 0 Å². The number of unbranched alkanes of at least 4 members (excludes halogenated alkanes) is 1. The Bertz CT molecular complexity index is 1530. The molecule has 0 bridgehead atoms. The quantitative estimate of drug-likeness (QED) is 0.104. The molecule has 0 heterocycles. The van der Waals surface area contributed by atoms with Crippen molar-refractivity contribution in [2.75, 3.05) is 26.2 Å². The van der Waals surface area contributed by atoms with Crippen molar-refractivity contribution < 1.29 is 60.3 Å². The Morgan fingerprint density at radius 3 is 1.33 bits per heavy atom. The van der Waals surface area contributed by atoms with Gasteiger partial charge in [0.25, 0.3) is 17.7 Å². The minimum atomic E-state index is -0.874. The summed E-state index contributed by atoms with van der Waals surface area (Å²) in [6.45, 7) is 0.253. The standard InChI is InChI=1S/C28H31N3O12/c32-17-7-4-14(20(35)23(17)38)26(41)29-10-1-2-12-31(28(43)16-6-9-19(34)25(40)22(16)37)13-3-11-30-27(42)15-5-8-18(33)24(39)21(15)36/h4-9,32-40H,1-3,10-13H2,(H,29,41)(H,30,42). The van der Waals surface area contributed by atoms with Crippen molar-refractivity contribution in [2.45, 2.75) is 19.3 Å². The predicted molar refractivity (Wildman–Crippen MR) is 149 cm³/mol. The molecule has 0 aliphatic carbocycles. The second-order valence-electron chi connectivity index (χ2n) is 9.35. The second kappa shape index (κ2) is 13.8. The van der Waals surface area contributed by atoms with Crippen LogP contribution in [0.1, 0.15) is 50.3 Å². The van der Waals surface area contributed by atoms with Gasteiger partial charge in [0.15, 0.2) is 34.5 Å². The van der Waals surface area contributed by atoms with Gasteiger partial charge in [-0.05, 0) is 55.7 Å². The third-order valence-electron chi connectivity index (χ3n) is 6.43. The Balaban J connectivity index is 1.60. The first-order valence-corrected chi connectivity index (χ1v) is 12.9. The van der Waals surface area contributed by atoms with Gasteiger partial charge in [-0.2, -0.15) is 0 Å². The van der Waals surface area contributed by atoms with Crippen LogP contribution in [0.4, 0.5) is 0 Å². The Morgan fingerprint density at radius 2 is 0.860 bits per heavy atom. The van der Waals surface area contributed by atoms with E-state index in [9.17, 15) is 60.3 Å². The minimum Gasteiger partial charge on any atom is -0.504 e. The molecule has 3 amide bonds. The number of carbonyl (C=O) groups excluding carboxylic acids is 3. The first-order chi connectivity index (χ1) is 20.3. The van der Waals surface area contributed by atoms with Crippen molar-refractivity contribution in [3.05, 3.63) is 53.1 Å². The number of phenolic OH excluding ortho intramolecular Hbond substituents is 9. The van der Waals surface area contributed by atoms with Crippen molar-refractivity contribution in [3.8, 4) is 51.7 Å². The van der Waals surface area contributed by atoms with E-state index in [0.29, 0.717) is 12.8 Å². The highest BCUT2D eigenvalue weighted by Crippen LogP contribution is 2.39. The first kappa shape index (κ1) is 31.8. The zero-order valence-corrected chi connectivity index (χ0v) is 22.6. The average Bonchev–Trinajstić information content (AvgIpc) is 2.98. The molecule has 0 saturated heterocycles. The number of rotatable bonds is 12. The van der Waals surface area contributed by atoms with E-state index >= 15 is 0 Å². The molecule has 15 heteroatoms. The third kappa shape index (κ3) is 7.32. The van der Waals surface area contributed by atoms with Gasteiger partial charge in [-0.25, -0.2) is 0 Å². The monoisotopic (exact) mass is 601 g/mol. The van der Waals surface area contributed by atoms with Crippen LogP contribution in [0, 0.1) is 0 Å². The second-order valence-corrected chi connectivity index (χ2v) is 9.35. The lowest BCUT2D eigenvalue weighted by molar-refractivity contribution is 0.0745. The van der Waals surface area contributed by atoms with Gasteiger partial charge in [-0.15, -0.1) is 0 Å². The summed E-state index contributed by atoms with van der Waals surface area (Å²) in [6, 6.07) is 6.48. The minimum absolute atomic E-state index is 0.00945. The van der Waals surface area contributed by atoms with E-state index in [-0.39, 0.29) is 49.3 Å². The van der Waals surface area contributed by atoms with Crippen molar-refractivity contribution in [1.82, 2.24) is 15.5 Å². The van der Waals surface area contributed by atoms with Crippen molar-refractivity contribution in [3.63, 3.8) is 0 Å². The number of hydrogen-bond donors (Lipinski definition) is 11. The summed E-state index contributed by atoms with van der Waals surface area (Å²) in [5, 5.41) is 92.5. The number of nitrogens with zero attached hydrogens (tertiary/aromatic N) is 1. The number of amides is 3. The average molecular weight is 602 g/mol. The number of nitrogens with one attached hydrogen (secondary N) is 2. The molecule has 230 valence electrons. The lowest BCUT2D eigenvalue weighted by Gasteiger charge is -2.24. The molecule has 43 heavy (non-hydrogen) atoms. The van der Waals surface area contributed by atoms with Gasteiger partial charge in [0.1, 0.15) is 0 Å². The molecule has 0 aliphatic rings. The molecule has 3 aromatic carbocycles. The highest BCUT2D eigenvalue weighted by Gasteiger charge is 2.23. The molecule has 0 aromatic heterocycles. The highest BCUT2D eigenvalue weighted by molar-refractivity contribution is 5.99. The van der Waals surface area contributed by atoms with Crippen molar-refractivity contribution in [1.29, 1.82) is 0 Å². The lowest BCUT2D eigenvalue weighted by atomic mass is 10.1. The Morgan fingerprint density at radius 1 is 0.488 bits per heavy atom. The zero-order valence-electron chi connectivity index (χ0n) is 22.6. The summed E-state index contributed by atoms with van der Waals surface area (Å²) < 4.78 is 0. The maximum Gasteiger partial charge on any atom is 0.257 e. The number of hydrogen-bond acceptors (Lipinski definition) is 12. The van der Waals surface area contributed by atoms with E-state index in [0.717, 1.165) is 36.4 Å². The molecule has 0 unspecified atom stereocenters. The van der Waals surface area contributed by atoms with Crippen LogP contribution in [0.3, 0.4) is 0 Å². The number of aromatic hydroxyl groups is 9. The van der Waals surface area contributed by atoms with E-state index in [1.165, 1.54) is 4.90 Å². The molecule has 11 N–H and O–H groups in total. The maximum atomic E-state index is 13.2. The van der Waals surface area contributed by atoms with Crippen LogP contribution in [-0.2, 0) is 0 Å². The molecule has 15 nitrogen and oxygen atoms in total. The lowest BCUT2D eigenvalue weighted by Crippen LogP contribution is -2.35. The fraction of sp³-hybridized carbons (Fsp3) is 0.250. The summed E-state index contributed by atoms with van der Waals surface area (Å²) in [4.78, 5) is 39.2. The van der Waals surface area contributed by atoms with Crippen LogP contribution in [0.5, 0.6) is 51.7 Å². The summed E-state index contributed by atoms with van der Waals surface area (Å²) in [7, 11) is 0. The molecular formula is C28H31N3O12. The van der Waals surface area contributed by atoms with Crippen molar-refractivity contribution in [2.24, 2.45) is 0 Å². The number of carbonyl (C=O) groups is 3. The molecule has 0 aliphatic heterocycles. The molecule has 0 fully saturated rings. The third-order valence-corrected chi connectivity index (χ3v) is 6.43. The molecule has 0 radical (unpaired) electrons. The van der Waals surface area contributed by atoms with Crippen molar-refractivity contribution >= 4 is 17.7 Å². The van der Waals surface area contributed by atoms with Crippen LogP contribution in [0.2, 0.25) is 0 Å². The van der Waals surface area contributed by atoms with Gasteiger partial charge in [0.2, 0.25) is 17.2 Å². The Kier molecular flexibility index (Phi) is 10.2. The van der Waals surface area contributed by atoms with Crippen LogP contribution < -0.4 is 10.6 Å². The van der Waals surface area contributed by atoms with Gasteiger partial charge in [-0.1, -0.05) is 0 Å². The summed E-state index contributed by atoms with van der Waals surface area (Å²) in [6.07, 6.45) is 0.859. The maximum absolute atomic E-state index is 13.2. The van der Waals surface area contributed by atoms with Gasteiger partial charge >= 0.3 is 0 Å². The largest absolute Gasteiger partial charge is 0.504 e. The topological polar surface area (TPSA) is 261 Å². The normalized spacial score (nSPS) is 10.7. The van der Waals surface area contributed by atoms with Gasteiger partial charge < -0.3 is 61.5 Å². The molecular weight excluding hydrogens is 570 g/mol. The molecule has 0 spiro atoms. The zero-order chi connectivity index (χ0) is 31.8. The molecule has 3 aromatic rings. The smallest absolute Gasteiger partial charge is 0.257 e. The Labute approximate surface area is 244 Å². The summed E-state index contributed by atoms with van der Waals surface area (Å²) in [5.74, 6) is -8.97. The van der Waals surface area contributed by atoms with E-state index < -0.39 is 69.5 Å². The van der Waals surface area contributed by atoms with Crippen LogP contribution in [0.25, 0.3) is 0 Å². The van der Waals surface area contributed by atoms with E-state index in [4.69, 9.17) is 0 Å². The van der Waals surface area contributed by atoms with E-state index in [1.807, 2.05) is 0 Å². The summed E-state index contributed by atoms with van der Waals surface area (Å²) >= 11 is 0. The Hall–Kier alpha value is -5.73. The number of phenols is 9. The fourth-order valence-electron chi connectivity index (χ4n) is 4.02. The molecule has 3 rings (SSSR count). The van der Waals surface area contributed by atoms with Gasteiger partial charge in [0, 0.05) is 26.2 Å². The van der Waals surface area contributed by atoms with Crippen LogP contribution in [0.15, 0.2) is 36.4 Å². The predicted octanol–water partition coefficient (Wildman–Crippen LogP) is 1.51. The molecule has 0 atom stereocenters.